The summed E-state index contributed by atoms with van der Waals surface area (Å²) in [7, 11) is 1.88. The summed E-state index contributed by atoms with van der Waals surface area (Å²) in [6.45, 7) is 0.585. The Balaban J connectivity index is 1.48. The Hall–Kier alpha value is -2.63. The largest absolute Gasteiger partial charge is 0.354 e. The van der Waals surface area contributed by atoms with Crippen LogP contribution in [0.1, 0.15) is 27.9 Å². The maximum atomic E-state index is 12.2. The number of aryl methyl sites for hydroxylation is 2. The predicted molar refractivity (Wildman–Crippen MR) is 85.9 cm³/mol. The van der Waals surface area contributed by atoms with Gasteiger partial charge in [0.25, 0.3) is 5.91 Å². The molecule has 2 N–H and O–H groups in total. The lowest BCUT2D eigenvalue weighted by Gasteiger charge is -2.24. The molecule has 0 radical (unpaired) electrons. The third-order valence-electron chi connectivity index (χ3n) is 4.01. The highest BCUT2D eigenvalue weighted by Gasteiger charge is 2.28. The minimum absolute atomic E-state index is 0.126. The number of nitrogens with zero attached hydrogens (tertiary/aromatic N) is 2. The Morgan fingerprint density at radius 1 is 1.43 bits per heavy atom. The van der Waals surface area contributed by atoms with Crippen LogP contribution < -0.4 is 10.6 Å². The molecule has 1 aromatic heterocycles. The predicted octanol–water partition coefficient (Wildman–Crippen LogP) is 0.824. The van der Waals surface area contributed by atoms with Crippen molar-refractivity contribution in [2.24, 2.45) is 7.05 Å². The average molecular weight is 312 g/mol. The molecule has 3 rings (SSSR count). The molecule has 23 heavy (non-hydrogen) atoms. The van der Waals surface area contributed by atoms with Crippen molar-refractivity contribution in [1.82, 2.24) is 20.4 Å². The maximum absolute atomic E-state index is 12.2. The fraction of sp³-hybridized carbons (Fsp3) is 0.353. The first-order chi connectivity index (χ1) is 11.1. The second-order valence-corrected chi connectivity index (χ2v) is 5.80. The molecule has 2 aromatic rings. The van der Waals surface area contributed by atoms with Crippen LogP contribution in [0.5, 0.6) is 0 Å². The summed E-state index contributed by atoms with van der Waals surface area (Å²) in [5, 5.41) is 9.79. The molecule has 0 saturated heterocycles. The van der Waals surface area contributed by atoms with Crippen LogP contribution in [0.15, 0.2) is 36.7 Å². The van der Waals surface area contributed by atoms with Crippen molar-refractivity contribution in [1.29, 1.82) is 0 Å². The third-order valence-corrected chi connectivity index (χ3v) is 4.01. The molecule has 6 nitrogen and oxygen atoms in total. The Bertz CT molecular complexity index is 723. The molecule has 2 amide bonds. The van der Waals surface area contributed by atoms with Crippen LogP contribution in [-0.2, 0) is 24.7 Å². The fourth-order valence-electron chi connectivity index (χ4n) is 2.81. The molecule has 0 unspecified atom stereocenters. The Labute approximate surface area is 134 Å². The van der Waals surface area contributed by atoms with E-state index in [0.717, 1.165) is 24.0 Å². The third kappa shape index (κ3) is 3.59. The minimum Gasteiger partial charge on any atom is -0.354 e. The molecular formula is C17H20N4O2. The van der Waals surface area contributed by atoms with Crippen molar-refractivity contribution in [3.05, 3.63) is 53.3 Å². The molecule has 120 valence electrons. The van der Waals surface area contributed by atoms with E-state index < -0.39 is 6.04 Å². The molecule has 2 heterocycles. The first-order valence-corrected chi connectivity index (χ1v) is 7.77. The van der Waals surface area contributed by atoms with Crippen LogP contribution in [-0.4, -0.2) is 34.2 Å². The van der Waals surface area contributed by atoms with Gasteiger partial charge >= 0.3 is 0 Å². The van der Waals surface area contributed by atoms with Crippen LogP contribution in [0, 0.1) is 0 Å². The van der Waals surface area contributed by atoms with Crippen molar-refractivity contribution >= 4 is 11.8 Å². The van der Waals surface area contributed by atoms with Crippen LogP contribution in [0.2, 0.25) is 0 Å². The number of rotatable bonds is 5. The molecule has 0 fully saturated rings. The van der Waals surface area contributed by atoms with E-state index in [4.69, 9.17) is 0 Å². The number of nitrogens with one attached hydrogen (secondary N) is 2. The number of benzene rings is 1. The summed E-state index contributed by atoms with van der Waals surface area (Å²) in [5.41, 5.74) is 2.74. The van der Waals surface area contributed by atoms with E-state index in [2.05, 4.69) is 15.7 Å². The van der Waals surface area contributed by atoms with Gasteiger partial charge in [-0.2, -0.15) is 5.10 Å². The fourth-order valence-corrected chi connectivity index (χ4v) is 2.81. The number of carbonyl (C=O) groups excluding carboxylic acids is 2. The van der Waals surface area contributed by atoms with Crippen LogP contribution in [0.3, 0.4) is 0 Å². The van der Waals surface area contributed by atoms with Crippen molar-refractivity contribution in [3.63, 3.8) is 0 Å². The molecule has 6 heteroatoms. The van der Waals surface area contributed by atoms with Crippen LogP contribution >= 0.6 is 0 Å². The van der Waals surface area contributed by atoms with Crippen LogP contribution in [0.25, 0.3) is 0 Å². The van der Waals surface area contributed by atoms with Gasteiger partial charge in [0, 0.05) is 31.8 Å². The first kappa shape index (κ1) is 15.3. The first-order valence-electron chi connectivity index (χ1n) is 7.77. The van der Waals surface area contributed by atoms with Gasteiger partial charge in [-0.1, -0.05) is 18.2 Å². The highest BCUT2D eigenvalue weighted by molar-refractivity contribution is 6.00. The van der Waals surface area contributed by atoms with E-state index in [1.807, 2.05) is 37.6 Å². The SMILES string of the molecule is Cn1cc(CCCNC(=O)[C@H]2Cc3ccccc3C(=O)N2)cn1. The molecule has 0 saturated carbocycles. The number of carbonyl (C=O) groups is 2. The summed E-state index contributed by atoms with van der Waals surface area (Å²) in [4.78, 5) is 24.2. The normalized spacial score (nSPS) is 16.6. The lowest BCUT2D eigenvalue weighted by atomic mass is 9.95. The second kappa shape index (κ2) is 6.64. The van der Waals surface area contributed by atoms with E-state index >= 15 is 0 Å². The van der Waals surface area contributed by atoms with Gasteiger partial charge in [0.15, 0.2) is 0 Å². The van der Waals surface area contributed by atoms with Crippen molar-refractivity contribution in [2.75, 3.05) is 6.54 Å². The molecule has 1 aliphatic rings. The van der Waals surface area contributed by atoms with E-state index in [1.54, 1.807) is 10.7 Å². The second-order valence-electron chi connectivity index (χ2n) is 5.80. The zero-order valence-electron chi connectivity index (χ0n) is 13.1. The molecule has 0 aliphatic carbocycles. The van der Waals surface area contributed by atoms with Crippen molar-refractivity contribution < 1.29 is 9.59 Å². The van der Waals surface area contributed by atoms with Crippen molar-refractivity contribution in [2.45, 2.75) is 25.3 Å². The zero-order chi connectivity index (χ0) is 16.2. The summed E-state index contributed by atoms with van der Waals surface area (Å²) in [6, 6.07) is 6.91. The average Bonchev–Trinajstić information content (AvgIpc) is 2.97. The summed E-state index contributed by atoms with van der Waals surface area (Å²) in [5.74, 6) is -0.304. The lowest BCUT2D eigenvalue weighted by molar-refractivity contribution is -0.123. The van der Waals surface area contributed by atoms with Gasteiger partial charge in [-0.3, -0.25) is 14.3 Å². The molecule has 0 bridgehead atoms. The van der Waals surface area contributed by atoms with Gasteiger partial charge in [-0.25, -0.2) is 0 Å². The molecule has 1 atom stereocenters. The number of hydrogen-bond acceptors (Lipinski definition) is 3. The van der Waals surface area contributed by atoms with Crippen LogP contribution in [0.4, 0.5) is 0 Å². The molecule has 1 aromatic carbocycles. The van der Waals surface area contributed by atoms with E-state index in [0.29, 0.717) is 18.5 Å². The summed E-state index contributed by atoms with van der Waals surface area (Å²) < 4.78 is 1.77. The van der Waals surface area contributed by atoms with Gasteiger partial charge in [-0.05, 0) is 30.0 Å². The van der Waals surface area contributed by atoms with E-state index in [9.17, 15) is 9.59 Å². The standard InChI is InChI=1S/C17H20N4O2/c1-21-11-12(10-19-21)5-4-8-18-17(23)15-9-13-6-2-3-7-14(13)16(22)20-15/h2-3,6-7,10-11,15H,4-5,8-9H2,1H3,(H,18,23)(H,20,22)/t15-/m1/s1. The monoisotopic (exact) mass is 312 g/mol. The lowest BCUT2D eigenvalue weighted by Crippen LogP contribution is -2.51. The number of hydrogen-bond donors (Lipinski definition) is 2. The highest BCUT2D eigenvalue weighted by atomic mass is 16.2. The smallest absolute Gasteiger partial charge is 0.252 e. The number of amides is 2. The molecule has 1 aliphatic heterocycles. The molecular weight excluding hydrogens is 292 g/mol. The van der Waals surface area contributed by atoms with Gasteiger partial charge < -0.3 is 10.6 Å². The van der Waals surface area contributed by atoms with E-state index in [1.165, 1.54) is 0 Å². The van der Waals surface area contributed by atoms with Crippen molar-refractivity contribution in [3.8, 4) is 0 Å². The number of fused-ring (bicyclic) bond motifs is 1. The van der Waals surface area contributed by atoms with Gasteiger partial charge in [0.1, 0.15) is 6.04 Å². The summed E-state index contributed by atoms with van der Waals surface area (Å²) in [6.07, 6.45) is 6.05. The quantitative estimate of drug-likeness (QED) is 0.803. The topological polar surface area (TPSA) is 76.0 Å². The Morgan fingerprint density at radius 2 is 2.26 bits per heavy atom. The number of aromatic nitrogens is 2. The van der Waals surface area contributed by atoms with Gasteiger partial charge in [0.05, 0.1) is 6.20 Å². The minimum atomic E-state index is -0.490. The maximum Gasteiger partial charge on any atom is 0.252 e. The highest BCUT2D eigenvalue weighted by Crippen LogP contribution is 2.16. The summed E-state index contributed by atoms with van der Waals surface area (Å²) >= 11 is 0. The Morgan fingerprint density at radius 3 is 3.04 bits per heavy atom. The molecule has 0 spiro atoms. The Kier molecular flexibility index (Phi) is 4.41. The zero-order valence-corrected chi connectivity index (χ0v) is 13.1. The van der Waals surface area contributed by atoms with Gasteiger partial charge in [0.2, 0.25) is 5.91 Å². The van der Waals surface area contributed by atoms with E-state index in [-0.39, 0.29) is 11.8 Å². The van der Waals surface area contributed by atoms with Gasteiger partial charge in [-0.15, -0.1) is 0 Å².